The van der Waals surface area contributed by atoms with E-state index in [2.05, 4.69) is 32.8 Å². The van der Waals surface area contributed by atoms with Crippen molar-refractivity contribution in [1.82, 2.24) is 24.8 Å². The van der Waals surface area contributed by atoms with Crippen molar-refractivity contribution in [2.24, 2.45) is 0 Å². The smallest absolute Gasteiger partial charge is 0.254 e. The molecular formula is C28H34N6O. The van der Waals surface area contributed by atoms with Crippen LogP contribution in [0.15, 0.2) is 42.9 Å². The standard InChI is InChI=1S/C28H34N6O/c1-3-24-26(21-9-11-25(29)30-17-21)27(32-18-31-24)20-8-10-23(19(2)16-20)28(35)34-14-12-33(13-15-34)22-6-4-5-7-22/h8-11,16-18,22H,3-7,12-15H2,1-2H3,(H2,29,30). The van der Waals surface area contributed by atoms with Crippen LogP contribution in [0.1, 0.15) is 54.2 Å². The van der Waals surface area contributed by atoms with Crippen molar-refractivity contribution in [3.63, 3.8) is 0 Å². The molecule has 7 nitrogen and oxygen atoms in total. The van der Waals surface area contributed by atoms with Gasteiger partial charge >= 0.3 is 0 Å². The topological polar surface area (TPSA) is 88.2 Å². The van der Waals surface area contributed by atoms with Crippen LogP contribution in [0.4, 0.5) is 5.82 Å². The molecule has 1 aliphatic heterocycles. The zero-order chi connectivity index (χ0) is 24.4. The Labute approximate surface area is 207 Å². The average molecular weight is 471 g/mol. The summed E-state index contributed by atoms with van der Waals surface area (Å²) in [4.78, 5) is 31.4. The van der Waals surface area contributed by atoms with Crippen molar-refractivity contribution >= 4 is 11.7 Å². The first kappa shape index (κ1) is 23.4. The Balaban J connectivity index is 1.39. The van der Waals surface area contributed by atoms with Gasteiger partial charge < -0.3 is 10.6 Å². The second-order valence-corrected chi connectivity index (χ2v) is 9.67. The molecule has 2 aromatic heterocycles. The van der Waals surface area contributed by atoms with Gasteiger partial charge in [0.25, 0.3) is 5.91 Å². The molecule has 1 aromatic carbocycles. The van der Waals surface area contributed by atoms with Gasteiger partial charge in [-0.05, 0) is 56.0 Å². The van der Waals surface area contributed by atoms with Crippen LogP contribution in [0.3, 0.4) is 0 Å². The van der Waals surface area contributed by atoms with E-state index in [9.17, 15) is 4.79 Å². The van der Waals surface area contributed by atoms with Crippen molar-refractivity contribution in [3.05, 3.63) is 59.7 Å². The number of hydrogen-bond acceptors (Lipinski definition) is 6. The van der Waals surface area contributed by atoms with Gasteiger partial charge in [-0.25, -0.2) is 15.0 Å². The summed E-state index contributed by atoms with van der Waals surface area (Å²) in [6, 6.07) is 10.5. The molecule has 3 aromatic rings. The molecule has 0 spiro atoms. The number of rotatable bonds is 5. The molecule has 1 amide bonds. The number of benzene rings is 1. The number of nitrogen functional groups attached to an aromatic ring is 1. The highest BCUT2D eigenvalue weighted by molar-refractivity contribution is 5.96. The van der Waals surface area contributed by atoms with Crippen LogP contribution in [0.25, 0.3) is 22.4 Å². The third kappa shape index (κ3) is 4.78. The van der Waals surface area contributed by atoms with E-state index >= 15 is 0 Å². The molecule has 0 bridgehead atoms. The van der Waals surface area contributed by atoms with Crippen LogP contribution >= 0.6 is 0 Å². The summed E-state index contributed by atoms with van der Waals surface area (Å²) in [6.07, 6.45) is 9.47. The van der Waals surface area contributed by atoms with E-state index < -0.39 is 0 Å². The molecule has 7 heteroatoms. The summed E-state index contributed by atoms with van der Waals surface area (Å²) >= 11 is 0. The molecule has 2 N–H and O–H groups in total. The summed E-state index contributed by atoms with van der Waals surface area (Å²) in [7, 11) is 0. The Bertz CT molecular complexity index is 1190. The average Bonchev–Trinajstić information content (AvgIpc) is 3.43. The molecule has 1 saturated carbocycles. The third-order valence-electron chi connectivity index (χ3n) is 7.51. The number of nitrogens with two attached hydrogens (primary N) is 1. The van der Waals surface area contributed by atoms with Gasteiger partial charge in [0.15, 0.2) is 0 Å². The van der Waals surface area contributed by atoms with Crippen molar-refractivity contribution in [3.8, 4) is 22.4 Å². The molecule has 5 rings (SSSR count). The summed E-state index contributed by atoms with van der Waals surface area (Å²) < 4.78 is 0. The minimum atomic E-state index is 0.125. The molecule has 35 heavy (non-hydrogen) atoms. The lowest BCUT2D eigenvalue weighted by molar-refractivity contribution is 0.0572. The maximum atomic E-state index is 13.4. The van der Waals surface area contributed by atoms with Gasteiger partial charge in [0.1, 0.15) is 12.1 Å². The zero-order valence-corrected chi connectivity index (χ0v) is 20.7. The minimum absolute atomic E-state index is 0.125. The first-order valence-electron chi connectivity index (χ1n) is 12.7. The van der Waals surface area contributed by atoms with Gasteiger partial charge in [0.05, 0.1) is 11.4 Å². The largest absolute Gasteiger partial charge is 0.384 e. The molecule has 1 saturated heterocycles. The molecular weight excluding hydrogens is 436 g/mol. The fraction of sp³-hybridized carbons (Fsp3) is 0.429. The number of amides is 1. The summed E-state index contributed by atoms with van der Waals surface area (Å²) in [6.45, 7) is 7.66. The molecule has 1 aliphatic carbocycles. The van der Waals surface area contributed by atoms with Crippen LogP contribution in [-0.4, -0.2) is 62.9 Å². The molecule has 0 atom stereocenters. The van der Waals surface area contributed by atoms with Gasteiger partial charge in [-0.15, -0.1) is 0 Å². The highest BCUT2D eigenvalue weighted by atomic mass is 16.2. The van der Waals surface area contributed by atoms with Crippen molar-refractivity contribution in [1.29, 1.82) is 0 Å². The Morgan fingerprint density at radius 1 is 1.00 bits per heavy atom. The summed E-state index contributed by atoms with van der Waals surface area (Å²) in [5.41, 5.74) is 12.2. The first-order chi connectivity index (χ1) is 17.0. The highest BCUT2D eigenvalue weighted by Crippen LogP contribution is 2.34. The van der Waals surface area contributed by atoms with Gasteiger partial charge in [0.2, 0.25) is 0 Å². The molecule has 0 radical (unpaired) electrons. The lowest BCUT2D eigenvalue weighted by Crippen LogP contribution is -2.51. The normalized spacial score (nSPS) is 17.1. The predicted octanol–water partition coefficient (Wildman–Crippen LogP) is 4.36. The van der Waals surface area contributed by atoms with E-state index in [0.717, 1.165) is 77.8 Å². The van der Waals surface area contributed by atoms with Gasteiger partial charge in [-0.2, -0.15) is 0 Å². The lowest BCUT2D eigenvalue weighted by Gasteiger charge is -2.38. The number of pyridine rings is 1. The Morgan fingerprint density at radius 2 is 1.74 bits per heavy atom. The van der Waals surface area contributed by atoms with E-state index in [-0.39, 0.29) is 5.91 Å². The summed E-state index contributed by atoms with van der Waals surface area (Å²) in [5, 5.41) is 0. The summed E-state index contributed by atoms with van der Waals surface area (Å²) in [5.74, 6) is 0.605. The number of carbonyl (C=O) groups is 1. The maximum absolute atomic E-state index is 13.4. The SMILES string of the molecule is CCc1ncnc(-c2ccc(C(=O)N3CCN(C4CCCC4)CC3)c(C)c2)c1-c1ccc(N)nc1. The third-order valence-corrected chi connectivity index (χ3v) is 7.51. The van der Waals surface area contributed by atoms with E-state index in [1.54, 1.807) is 18.6 Å². The van der Waals surface area contributed by atoms with Crippen molar-refractivity contribution < 1.29 is 4.79 Å². The molecule has 0 unspecified atom stereocenters. The van der Waals surface area contributed by atoms with Crippen LogP contribution in [0.2, 0.25) is 0 Å². The minimum Gasteiger partial charge on any atom is -0.384 e. The number of aryl methyl sites for hydroxylation is 2. The predicted molar refractivity (Wildman–Crippen MR) is 139 cm³/mol. The van der Waals surface area contributed by atoms with Crippen LogP contribution < -0.4 is 5.73 Å². The second-order valence-electron chi connectivity index (χ2n) is 9.67. The molecule has 2 aliphatic rings. The van der Waals surface area contributed by atoms with Gasteiger partial charge in [0, 0.05) is 60.7 Å². The second kappa shape index (κ2) is 10.1. The number of piperazine rings is 1. The van der Waals surface area contributed by atoms with Gasteiger partial charge in [-0.3, -0.25) is 9.69 Å². The van der Waals surface area contributed by atoms with Gasteiger partial charge in [-0.1, -0.05) is 25.8 Å². The van der Waals surface area contributed by atoms with E-state index in [4.69, 9.17) is 5.73 Å². The number of nitrogens with zero attached hydrogens (tertiary/aromatic N) is 5. The number of aromatic nitrogens is 3. The molecule has 182 valence electrons. The number of carbonyl (C=O) groups excluding carboxylic acids is 1. The number of anilines is 1. The van der Waals surface area contributed by atoms with E-state index in [1.165, 1.54) is 25.7 Å². The van der Waals surface area contributed by atoms with E-state index in [0.29, 0.717) is 5.82 Å². The Morgan fingerprint density at radius 3 is 2.40 bits per heavy atom. The Kier molecular flexibility index (Phi) is 6.77. The first-order valence-corrected chi connectivity index (χ1v) is 12.7. The van der Waals surface area contributed by atoms with Crippen molar-refractivity contribution in [2.45, 2.75) is 52.0 Å². The van der Waals surface area contributed by atoms with Crippen LogP contribution in [-0.2, 0) is 6.42 Å². The number of hydrogen-bond donors (Lipinski definition) is 1. The van der Waals surface area contributed by atoms with E-state index in [1.807, 2.05) is 30.0 Å². The lowest BCUT2D eigenvalue weighted by atomic mass is 9.95. The quantitative estimate of drug-likeness (QED) is 0.596. The fourth-order valence-electron chi connectivity index (χ4n) is 5.55. The zero-order valence-electron chi connectivity index (χ0n) is 20.7. The van der Waals surface area contributed by atoms with Crippen LogP contribution in [0.5, 0.6) is 0 Å². The monoisotopic (exact) mass is 470 g/mol. The molecule has 3 heterocycles. The highest BCUT2D eigenvalue weighted by Gasteiger charge is 2.28. The maximum Gasteiger partial charge on any atom is 0.254 e. The van der Waals surface area contributed by atoms with Crippen molar-refractivity contribution in [2.75, 3.05) is 31.9 Å². The molecule has 2 fully saturated rings. The fourth-order valence-corrected chi connectivity index (χ4v) is 5.55. The Hall–Kier alpha value is -3.32. The van der Waals surface area contributed by atoms with Crippen LogP contribution in [0, 0.1) is 6.92 Å².